The standard InChI is InChI=1S/C21H31N7O/c1-29-13-12-22-16-4-6-17(7-5-16)26-21-24-10-8-18(27-21)20-23-11-9-19(28-20)25-14-15-2-3-15/h8-11,15-17,22H,2-7,12-14H2,1H3,(H,23,25,28)(H,24,26,27). The second-order valence-corrected chi connectivity index (χ2v) is 8.00. The van der Waals surface area contributed by atoms with Gasteiger partial charge in [-0.15, -0.1) is 0 Å². The third-order valence-electron chi connectivity index (χ3n) is 5.61. The zero-order chi connectivity index (χ0) is 19.9. The fourth-order valence-corrected chi connectivity index (χ4v) is 3.69. The van der Waals surface area contributed by atoms with Gasteiger partial charge in [0.15, 0.2) is 5.82 Å². The molecule has 2 saturated carbocycles. The van der Waals surface area contributed by atoms with Crippen molar-refractivity contribution in [2.75, 3.05) is 37.4 Å². The molecule has 156 valence electrons. The predicted molar refractivity (Wildman–Crippen MR) is 114 cm³/mol. The SMILES string of the molecule is COCCNC1CCC(Nc2nccc(-c3nccc(NCC4CC4)n3)n2)CC1. The number of aromatic nitrogens is 4. The average Bonchev–Trinajstić information content (AvgIpc) is 3.59. The van der Waals surface area contributed by atoms with Gasteiger partial charge in [0.1, 0.15) is 11.5 Å². The van der Waals surface area contributed by atoms with Gasteiger partial charge in [-0.05, 0) is 56.6 Å². The normalized spacial score (nSPS) is 21.7. The fourth-order valence-electron chi connectivity index (χ4n) is 3.69. The van der Waals surface area contributed by atoms with E-state index in [0.717, 1.165) is 62.8 Å². The van der Waals surface area contributed by atoms with Crippen LogP contribution >= 0.6 is 0 Å². The molecule has 2 aromatic rings. The lowest BCUT2D eigenvalue weighted by atomic mass is 9.91. The van der Waals surface area contributed by atoms with Crippen molar-refractivity contribution in [1.29, 1.82) is 0 Å². The summed E-state index contributed by atoms with van der Waals surface area (Å²) in [6, 6.07) is 4.75. The molecule has 2 fully saturated rings. The third-order valence-corrected chi connectivity index (χ3v) is 5.61. The first-order valence-corrected chi connectivity index (χ1v) is 10.7. The van der Waals surface area contributed by atoms with Gasteiger partial charge in [0.05, 0.1) is 6.61 Å². The summed E-state index contributed by atoms with van der Waals surface area (Å²) in [4.78, 5) is 18.1. The Bertz CT molecular complexity index is 775. The van der Waals surface area contributed by atoms with E-state index in [-0.39, 0.29) is 0 Å². The van der Waals surface area contributed by atoms with Gasteiger partial charge in [0, 0.05) is 44.7 Å². The van der Waals surface area contributed by atoms with E-state index < -0.39 is 0 Å². The molecule has 8 heteroatoms. The minimum absolute atomic E-state index is 0.401. The molecule has 0 spiro atoms. The highest BCUT2D eigenvalue weighted by Crippen LogP contribution is 2.29. The predicted octanol–water partition coefficient (Wildman–Crippen LogP) is 2.71. The van der Waals surface area contributed by atoms with Crippen LogP contribution in [0.25, 0.3) is 11.5 Å². The number of anilines is 2. The Kier molecular flexibility index (Phi) is 6.84. The van der Waals surface area contributed by atoms with Crippen LogP contribution in [0.2, 0.25) is 0 Å². The Balaban J connectivity index is 1.31. The van der Waals surface area contributed by atoms with Gasteiger partial charge in [0.2, 0.25) is 5.95 Å². The number of ether oxygens (including phenoxy) is 1. The molecule has 2 heterocycles. The minimum Gasteiger partial charge on any atom is -0.383 e. The lowest BCUT2D eigenvalue weighted by Crippen LogP contribution is -2.38. The van der Waals surface area contributed by atoms with Crippen LogP contribution in [-0.2, 0) is 4.74 Å². The highest BCUT2D eigenvalue weighted by Gasteiger charge is 2.22. The first-order chi connectivity index (χ1) is 14.3. The molecule has 0 amide bonds. The largest absolute Gasteiger partial charge is 0.383 e. The van der Waals surface area contributed by atoms with Crippen LogP contribution in [0, 0.1) is 5.92 Å². The molecule has 0 unspecified atom stereocenters. The molecule has 2 aliphatic carbocycles. The maximum absolute atomic E-state index is 5.11. The van der Waals surface area contributed by atoms with Crippen molar-refractivity contribution in [3.8, 4) is 11.5 Å². The first kappa shape index (κ1) is 20.0. The van der Waals surface area contributed by atoms with Crippen LogP contribution in [0.15, 0.2) is 24.5 Å². The van der Waals surface area contributed by atoms with Crippen molar-refractivity contribution < 1.29 is 4.74 Å². The maximum atomic E-state index is 5.11. The zero-order valence-electron chi connectivity index (χ0n) is 17.1. The molecule has 2 aliphatic rings. The highest BCUT2D eigenvalue weighted by atomic mass is 16.5. The first-order valence-electron chi connectivity index (χ1n) is 10.7. The molecule has 4 rings (SSSR count). The topological polar surface area (TPSA) is 96.9 Å². The fraction of sp³-hybridized carbons (Fsp3) is 0.619. The quantitative estimate of drug-likeness (QED) is 0.527. The summed E-state index contributed by atoms with van der Waals surface area (Å²) >= 11 is 0. The van der Waals surface area contributed by atoms with Crippen molar-refractivity contribution in [3.05, 3.63) is 24.5 Å². The van der Waals surface area contributed by atoms with Gasteiger partial charge < -0.3 is 20.7 Å². The molecule has 0 aromatic carbocycles. The Morgan fingerprint density at radius 1 is 0.966 bits per heavy atom. The van der Waals surface area contributed by atoms with Crippen LogP contribution in [0.5, 0.6) is 0 Å². The molecule has 0 radical (unpaired) electrons. The highest BCUT2D eigenvalue weighted by molar-refractivity contribution is 5.53. The molecular formula is C21H31N7O. The van der Waals surface area contributed by atoms with E-state index in [9.17, 15) is 0 Å². The van der Waals surface area contributed by atoms with Crippen LogP contribution in [0.3, 0.4) is 0 Å². The summed E-state index contributed by atoms with van der Waals surface area (Å²) in [6.07, 6.45) is 10.7. The van der Waals surface area contributed by atoms with Crippen LogP contribution in [-0.4, -0.2) is 58.8 Å². The van der Waals surface area contributed by atoms with Crippen molar-refractivity contribution in [2.45, 2.75) is 50.6 Å². The summed E-state index contributed by atoms with van der Waals surface area (Å²) in [5.41, 5.74) is 0.743. The van der Waals surface area contributed by atoms with Crippen LogP contribution in [0.4, 0.5) is 11.8 Å². The van der Waals surface area contributed by atoms with Gasteiger partial charge in [-0.1, -0.05) is 0 Å². The lowest BCUT2D eigenvalue weighted by Gasteiger charge is -2.29. The van der Waals surface area contributed by atoms with E-state index in [1.807, 2.05) is 12.1 Å². The van der Waals surface area contributed by atoms with E-state index in [1.54, 1.807) is 19.5 Å². The number of nitrogens with zero attached hydrogens (tertiary/aromatic N) is 4. The van der Waals surface area contributed by atoms with Gasteiger partial charge in [0.25, 0.3) is 0 Å². The van der Waals surface area contributed by atoms with Crippen molar-refractivity contribution in [3.63, 3.8) is 0 Å². The molecule has 2 aromatic heterocycles. The summed E-state index contributed by atoms with van der Waals surface area (Å²) in [7, 11) is 1.74. The monoisotopic (exact) mass is 397 g/mol. The number of hydrogen-bond acceptors (Lipinski definition) is 8. The average molecular weight is 398 g/mol. The van der Waals surface area contributed by atoms with Gasteiger partial charge >= 0.3 is 0 Å². The molecule has 29 heavy (non-hydrogen) atoms. The smallest absolute Gasteiger partial charge is 0.223 e. The van der Waals surface area contributed by atoms with E-state index in [4.69, 9.17) is 4.74 Å². The minimum atomic E-state index is 0.401. The third kappa shape index (κ3) is 6.08. The summed E-state index contributed by atoms with van der Waals surface area (Å²) in [5, 5.41) is 10.4. The molecule has 0 saturated heterocycles. The number of nitrogens with one attached hydrogen (secondary N) is 3. The van der Waals surface area contributed by atoms with Crippen molar-refractivity contribution >= 4 is 11.8 Å². The van der Waals surface area contributed by atoms with Crippen LogP contribution < -0.4 is 16.0 Å². The molecule has 8 nitrogen and oxygen atoms in total. The molecule has 0 bridgehead atoms. The molecule has 0 atom stereocenters. The number of rotatable bonds is 10. The maximum Gasteiger partial charge on any atom is 0.223 e. The Morgan fingerprint density at radius 3 is 2.55 bits per heavy atom. The Labute approximate surface area is 172 Å². The summed E-state index contributed by atoms with van der Waals surface area (Å²) < 4.78 is 5.11. The molecule has 0 aliphatic heterocycles. The van der Waals surface area contributed by atoms with E-state index in [2.05, 4.69) is 35.9 Å². The number of methoxy groups -OCH3 is 1. The molecular weight excluding hydrogens is 366 g/mol. The zero-order valence-corrected chi connectivity index (χ0v) is 17.1. The lowest BCUT2D eigenvalue weighted by molar-refractivity contribution is 0.191. The van der Waals surface area contributed by atoms with E-state index >= 15 is 0 Å². The number of hydrogen-bond donors (Lipinski definition) is 3. The van der Waals surface area contributed by atoms with Crippen molar-refractivity contribution in [2.24, 2.45) is 5.92 Å². The Hall–Kier alpha value is -2.32. The second-order valence-electron chi connectivity index (χ2n) is 8.00. The van der Waals surface area contributed by atoms with E-state index in [1.165, 1.54) is 12.8 Å². The molecule has 3 N–H and O–H groups in total. The summed E-state index contributed by atoms with van der Waals surface area (Å²) in [6.45, 7) is 2.66. The van der Waals surface area contributed by atoms with Crippen molar-refractivity contribution in [1.82, 2.24) is 25.3 Å². The van der Waals surface area contributed by atoms with Crippen LogP contribution in [0.1, 0.15) is 38.5 Å². The van der Waals surface area contributed by atoms with E-state index in [0.29, 0.717) is 23.9 Å². The summed E-state index contributed by atoms with van der Waals surface area (Å²) in [5.74, 6) is 2.93. The van der Waals surface area contributed by atoms with Gasteiger partial charge in [-0.25, -0.2) is 19.9 Å². The van der Waals surface area contributed by atoms with Gasteiger partial charge in [-0.3, -0.25) is 0 Å². The second kappa shape index (κ2) is 9.93. The van der Waals surface area contributed by atoms with Gasteiger partial charge in [-0.2, -0.15) is 0 Å². The Morgan fingerprint density at radius 2 is 1.76 bits per heavy atom.